The van der Waals surface area contributed by atoms with Crippen LogP contribution in [0.25, 0.3) is 0 Å². The second kappa shape index (κ2) is 9.13. The lowest BCUT2D eigenvalue weighted by atomic mass is 10.1. The number of nitrogens with zero attached hydrogens (tertiary/aromatic N) is 2. The summed E-state index contributed by atoms with van der Waals surface area (Å²) in [5.74, 6) is -0.0118. The zero-order valence-corrected chi connectivity index (χ0v) is 12.7. The number of unbranched alkanes of at least 4 members (excludes halogenated alkanes) is 3. The summed E-state index contributed by atoms with van der Waals surface area (Å²) in [6.45, 7) is 2.16. The second-order valence-electron chi connectivity index (χ2n) is 5.09. The zero-order valence-electron chi connectivity index (χ0n) is 12.7. The van der Waals surface area contributed by atoms with Gasteiger partial charge in [0.1, 0.15) is 0 Å². The SMILES string of the molecule is CCCCCCC(=O)NN=Cc1ccc(N(C)C)cc1. The Labute approximate surface area is 121 Å². The largest absolute Gasteiger partial charge is 0.378 e. The Morgan fingerprint density at radius 1 is 1.20 bits per heavy atom. The van der Waals surface area contributed by atoms with Gasteiger partial charge in [-0.3, -0.25) is 4.79 Å². The molecule has 0 aliphatic carbocycles. The molecule has 1 amide bonds. The molecule has 0 bridgehead atoms. The molecule has 0 heterocycles. The van der Waals surface area contributed by atoms with Crippen LogP contribution in [-0.4, -0.2) is 26.2 Å². The minimum atomic E-state index is -0.0118. The van der Waals surface area contributed by atoms with Crippen molar-refractivity contribution in [3.05, 3.63) is 29.8 Å². The number of carbonyl (C=O) groups is 1. The lowest BCUT2D eigenvalue weighted by molar-refractivity contribution is -0.121. The molecule has 4 heteroatoms. The van der Waals surface area contributed by atoms with Crippen LogP contribution in [0.2, 0.25) is 0 Å². The minimum absolute atomic E-state index is 0.0118. The van der Waals surface area contributed by atoms with Crippen LogP contribution in [0.1, 0.15) is 44.6 Å². The third kappa shape index (κ3) is 6.36. The van der Waals surface area contributed by atoms with E-state index in [0.29, 0.717) is 6.42 Å². The molecule has 20 heavy (non-hydrogen) atoms. The highest BCUT2D eigenvalue weighted by atomic mass is 16.2. The molecule has 0 spiro atoms. The summed E-state index contributed by atoms with van der Waals surface area (Å²) >= 11 is 0. The fraction of sp³-hybridized carbons (Fsp3) is 0.500. The standard InChI is InChI=1S/C16H25N3O/c1-4-5-6-7-8-16(20)18-17-13-14-9-11-15(12-10-14)19(2)3/h9-13H,4-8H2,1-3H3,(H,18,20). The highest BCUT2D eigenvalue weighted by molar-refractivity contribution is 5.82. The zero-order chi connectivity index (χ0) is 14.8. The van der Waals surface area contributed by atoms with Crippen LogP contribution in [0, 0.1) is 0 Å². The van der Waals surface area contributed by atoms with Crippen molar-refractivity contribution < 1.29 is 4.79 Å². The molecule has 1 aromatic rings. The van der Waals surface area contributed by atoms with Crippen molar-refractivity contribution in [2.24, 2.45) is 5.10 Å². The van der Waals surface area contributed by atoms with E-state index in [0.717, 1.165) is 24.1 Å². The quantitative estimate of drug-likeness (QED) is 0.450. The van der Waals surface area contributed by atoms with E-state index in [1.165, 1.54) is 12.8 Å². The van der Waals surface area contributed by atoms with Gasteiger partial charge in [0.15, 0.2) is 0 Å². The molecule has 4 nitrogen and oxygen atoms in total. The van der Waals surface area contributed by atoms with E-state index < -0.39 is 0 Å². The summed E-state index contributed by atoms with van der Waals surface area (Å²) in [5, 5.41) is 3.98. The summed E-state index contributed by atoms with van der Waals surface area (Å²) in [7, 11) is 4.00. The predicted molar refractivity (Wildman–Crippen MR) is 85.3 cm³/mol. The Morgan fingerprint density at radius 2 is 1.90 bits per heavy atom. The Morgan fingerprint density at radius 3 is 2.50 bits per heavy atom. The van der Waals surface area contributed by atoms with Gasteiger partial charge >= 0.3 is 0 Å². The van der Waals surface area contributed by atoms with Crippen LogP contribution >= 0.6 is 0 Å². The summed E-state index contributed by atoms with van der Waals surface area (Å²) in [5.41, 5.74) is 4.68. The number of rotatable bonds is 8. The lowest BCUT2D eigenvalue weighted by Crippen LogP contribution is -2.16. The number of hydrogen-bond acceptors (Lipinski definition) is 3. The molecule has 0 saturated carbocycles. The van der Waals surface area contributed by atoms with Gasteiger partial charge in [-0.1, -0.05) is 38.3 Å². The molecule has 1 N–H and O–H groups in total. The van der Waals surface area contributed by atoms with Crippen LogP contribution in [0.15, 0.2) is 29.4 Å². The number of nitrogens with one attached hydrogen (secondary N) is 1. The number of carbonyl (C=O) groups excluding carboxylic acids is 1. The van der Waals surface area contributed by atoms with E-state index in [1.54, 1.807) is 6.21 Å². The molecule has 0 unspecified atom stereocenters. The first-order chi connectivity index (χ1) is 9.63. The first-order valence-corrected chi connectivity index (χ1v) is 7.22. The van der Waals surface area contributed by atoms with Gasteiger partial charge in [0.25, 0.3) is 0 Å². The molecule has 110 valence electrons. The maximum Gasteiger partial charge on any atom is 0.240 e. The van der Waals surface area contributed by atoms with E-state index in [4.69, 9.17) is 0 Å². The molecule has 0 fully saturated rings. The topological polar surface area (TPSA) is 44.7 Å². The summed E-state index contributed by atoms with van der Waals surface area (Å²) in [4.78, 5) is 13.5. The second-order valence-corrected chi connectivity index (χ2v) is 5.09. The van der Waals surface area contributed by atoms with Gasteiger partial charge in [0.05, 0.1) is 6.21 Å². The molecule has 0 radical (unpaired) electrons. The van der Waals surface area contributed by atoms with Crippen molar-refractivity contribution in [2.45, 2.75) is 39.0 Å². The average Bonchev–Trinajstić information content (AvgIpc) is 2.44. The normalized spacial score (nSPS) is 10.8. The average molecular weight is 275 g/mol. The number of anilines is 1. The van der Waals surface area contributed by atoms with E-state index in [2.05, 4.69) is 17.5 Å². The highest BCUT2D eigenvalue weighted by Gasteiger charge is 1.98. The van der Waals surface area contributed by atoms with E-state index >= 15 is 0 Å². The van der Waals surface area contributed by atoms with Crippen molar-refractivity contribution in [1.82, 2.24) is 5.43 Å². The van der Waals surface area contributed by atoms with Crippen molar-refractivity contribution in [2.75, 3.05) is 19.0 Å². The third-order valence-corrected chi connectivity index (χ3v) is 3.07. The number of benzene rings is 1. The highest BCUT2D eigenvalue weighted by Crippen LogP contribution is 2.10. The van der Waals surface area contributed by atoms with Gasteiger partial charge in [-0.15, -0.1) is 0 Å². The van der Waals surface area contributed by atoms with Gasteiger partial charge < -0.3 is 4.90 Å². The fourth-order valence-electron chi connectivity index (χ4n) is 1.81. The van der Waals surface area contributed by atoms with Crippen molar-refractivity contribution in [1.29, 1.82) is 0 Å². The molecule has 1 aromatic carbocycles. The number of hydrazone groups is 1. The van der Waals surface area contributed by atoms with Crippen LogP contribution in [0.3, 0.4) is 0 Å². The monoisotopic (exact) mass is 275 g/mol. The first kappa shape index (κ1) is 16.2. The van der Waals surface area contributed by atoms with Crippen molar-refractivity contribution >= 4 is 17.8 Å². The summed E-state index contributed by atoms with van der Waals surface area (Å²) < 4.78 is 0. The maximum absolute atomic E-state index is 11.5. The Bertz CT molecular complexity index is 424. The minimum Gasteiger partial charge on any atom is -0.378 e. The molecular weight excluding hydrogens is 250 g/mol. The fourth-order valence-corrected chi connectivity index (χ4v) is 1.81. The van der Waals surface area contributed by atoms with Gasteiger partial charge in [0.2, 0.25) is 5.91 Å². The Kier molecular flexibility index (Phi) is 7.40. The van der Waals surface area contributed by atoms with Crippen LogP contribution in [0.5, 0.6) is 0 Å². The molecular formula is C16H25N3O. The molecule has 0 atom stereocenters. The lowest BCUT2D eigenvalue weighted by Gasteiger charge is -2.11. The Hall–Kier alpha value is -1.84. The maximum atomic E-state index is 11.5. The van der Waals surface area contributed by atoms with E-state index in [1.807, 2.05) is 43.3 Å². The summed E-state index contributed by atoms with van der Waals surface area (Å²) in [6, 6.07) is 8.00. The van der Waals surface area contributed by atoms with E-state index in [-0.39, 0.29) is 5.91 Å². The van der Waals surface area contributed by atoms with Crippen molar-refractivity contribution in [3.63, 3.8) is 0 Å². The van der Waals surface area contributed by atoms with Gasteiger partial charge in [0, 0.05) is 26.2 Å². The Balaban J connectivity index is 2.31. The molecule has 0 aliphatic heterocycles. The first-order valence-electron chi connectivity index (χ1n) is 7.22. The predicted octanol–water partition coefficient (Wildman–Crippen LogP) is 3.17. The van der Waals surface area contributed by atoms with Crippen LogP contribution in [0.4, 0.5) is 5.69 Å². The third-order valence-electron chi connectivity index (χ3n) is 3.07. The van der Waals surface area contributed by atoms with Gasteiger partial charge in [-0.05, 0) is 24.1 Å². The molecule has 0 aliphatic rings. The van der Waals surface area contributed by atoms with E-state index in [9.17, 15) is 4.79 Å². The number of amides is 1. The van der Waals surface area contributed by atoms with Gasteiger partial charge in [-0.2, -0.15) is 5.10 Å². The molecule has 1 rings (SSSR count). The van der Waals surface area contributed by atoms with Crippen LogP contribution in [-0.2, 0) is 4.79 Å². The summed E-state index contributed by atoms with van der Waals surface area (Å²) in [6.07, 6.45) is 6.64. The van der Waals surface area contributed by atoms with Crippen LogP contribution < -0.4 is 10.3 Å². The number of hydrogen-bond donors (Lipinski definition) is 1. The van der Waals surface area contributed by atoms with Gasteiger partial charge in [-0.25, -0.2) is 5.43 Å². The van der Waals surface area contributed by atoms with Crippen molar-refractivity contribution in [3.8, 4) is 0 Å². The molecule has 0 aromatic heterocycles. The molecule has 0 saturated heterocycles. The smallest absolute Gasteiger partial charge is 0.240 e.